The molecule has 0 bridgehead atoms. The van der Waals surface area contributed by atoms with Gasteiger partial charge in [-0.2, -0.15) is 0 Å². The number of benzene rings is 1. The topological polar surface area (TPSA) is 45.4 Å². The molecule has 0 fully saturated rings. The van der Waals surface area contributed by atoms with Crippen LogP contribution in [-0.2, 0) is 13.2 Å². The summed E-state index contributed by atoms with van der Waals surface area (Å²) in [6, 6.07) is 14.1. The molecule has 3 heteroatoms. The highest BCUT2D eigenvalue weighted by Crippen LogP contribution is 2.13. The van der Waals surface area contributed by atoms with Crippen molar-refractivity contribution in [2.45, 2.75) is 26.0 Å². The molecule has 0 saturated carbocycles. The van der Waals surface area contributed by atoms with E-state index in [4.69, 9.17) is 9.52 Å². The average molecular weight is 245 g/mol. The Balaban J connectivity index is 1.78. The van der Waals surface area contributed by atoms with E-state index in [-0.39, 0.29) is 6.61 Å². The third-order valence-corrected chi connectivity index (χ3v) is 2.99. The summed E-state index contributed by atoms with van der Waals surface area (Å²) >= 11 is 0. The molecule has 3 nitrogen and oxygen atoms in total. The molecule has 2 aromatic rings. The second-order valence-electron chi connectivity index (χ2n) is 4.47. The highest BCUT2D eigenvalue weighted by atomic mass is 16.4. The Kier molecular flexibility index (Phi) is 4.56. The maximum Gasteiger partial charge on any atom is 0.129 e. The predicted molar refractivity (Wildman–Crippen MR) is 71.2 cm³/mol. The molecule has 0 aliphatic rings. The lowest BCUT2D eigenvalue weighted by Crippen LogP contribution is -2.19. The average Bonchev–Trinajstić information content (AvgIpc) is 2.87. The van der Waals surface area contributed by atoms with Crippen LogP contribution >= 0.6 is 0 Å². The molecule has 0 aliphatic heterocycles. The molecule has 0 amide bonds. The van der Waals surface area contributed by atoms with Gasteiger partial charge in [0.15, 0.2) is 0 Å². The lowest BCUT2D eigenvalue weighted by Gasteiger charge is -2.12. The molecular weight excluding hydrogens is 226 g/mol. The van der Waals surface area contributed by atoms with E-state index in [9.17, 15) is 0 Å². The molecule has 1 aromatic carbocycles. The van der Waals surface area contributed by atoms with Crippen LogP contribution in [0.3, 0.4) is 0 Å². The molecule has 0 aliphatic carbocycles. The molecule has 18 heavy (non-hydrogen) atoms. The molecule has 1 aromatic heterocycles. The van der Waals surface area contributed by atoms with Gasteiger partial charge in [-0.1, -0.05) is 37.3 Å². The van der Waals surface area contributed by atoms with E-state index in [0.717, 1.165) is 12.3 Å². The lowest BCUT2D eigenvalue weighted by molar-refractivity contribution is 0.242. The smallest absolute Gasteiger partial charge is 0.129 e. The van der Waals surface area contributed by atoms with Crippen molar-refractivity contribution in [1.82, 2.24) is 5.32 Å². The van der Waals surface area contributed by atoms with E-state index in [2.05, 4.69) is 36.5 Å². The third kappa shape index (κ3) is 3.45. The Morgan fingerprint density at radius 2 is 1.83 bits per heavy atom. The maximum atomic E-state index is 8.90. The van der Waals surface area contributed by atoms with E-state index >= 15 is 0 Å². The Labute approximate surface area is 107 Å². The SMILES string of the molecule is CC(CNCc1ccc(CO)o1)c1ccccc1. The number of nitrogens with one attached hydrogen (secondary N) is 1. The predicted octanol–water partition coefficient (Wildman–Crippen LogP) is 2.67. The molecule has 1 atom stereocenters. The van der Waals surface area contributed by atoms with Gasteiger partial charge in [-0.25, -0.2) is 0 Å². The fourth-order valence-corrected chi connectivity index (χ4v) is 1.91. The van der Waals surface area contributed by atoms with Crippen LogP contribution in [0.1, 0.15) is 29.9 Å². The highest BCUT2D eigenvalue weighted by molar-refractivity contribution is 5.19. The molecule has 2 rings (SSSR count). The van der Waals surface area contributed by atoms with Gasteiger partial charge in [0, 0.05) is 6.54 Å². The summed E-state index contributed by atoms with van der Waals surface area (Å²) in [6.45, 7) is 3.75. The second-order valence-corrected chi connectivity index (χ2v) is 4.47. The van der Waals surface area contributed by atoms with Crippen LogP contribution in [0.4, 0.5) is 0 Å². The highest BCUT2D eigenvalue weighted by Gasteiger charge is 2.05. The first-order valence-electron chi connectivity index (χ1n) is 6.23. The van der Waals surface area contributed by atoms with Gasteiger partial charge in [-0.15, -0.1) is 0 Å². The van der Waals surface area contributed by atoms with Gasteiger partial charge >= 0.3 is 0 Å². The summed E-state index contributed by atoms with van der Waals surface area (Å²) in [6.07, 6.45) is 0. The van der Waals surface area contributed by atoms with Crippen LogP contribution < -0.4 is 5.32 Å². The number of rotatable bonds is 6. The van der Waals surface area contributed by atoms with Crippen molar-refractivity contribution < 1.29 is 9.52 Å². The molecule has 0 spiro atoms. The van der Waals surface area contributed by atoms with Crippen LogP contribution in [0.25, 0.3) is 0 Å². The van der Waals surface area contributed by atoms with E-state index in [0.29, 0.717) is 18.2 Å². The van der Waals surface area contributed by atoms with Crippen LogP contribution in [0.2, 0.25) is 0 Å². The molecule has 2 N–H and O–H groups in total. The monoisotopic (exact) mass is 245 g/mol. The van der Waals surface area contributed by atoms with Gasteiger partial charge in [0.2, 0.25) is 0 Å². The zero-order valence-corrected chi connectivity index (χ0v) is 10.6. The summed E-state index contributed by atoms with van der Waals surface area (Å²) < 4.78 is 5.41. The zero-order chi connectivity index (χ0) is 12.8. The standard InChI is InChI=1S/C15H19NO2/c1-12(13-5-3-2-4-6-13)9-16-10-14-7-8-15(11-17)18-14/h2-8,12,16-17H,9-11H2,1H3. The molecular formula is C15H19NO2. The lowest BCUT2D eigenvalue weighted by atomic mass is 10.0. The zero-order valence-electron chi connectivity index (χ0n) is 10.6. The van der Waals surface area contributed by atoms with Gasteiger partial charge in [-0.3, -0.25) is 0 Å². The normalized spacial score (nSPS) is 12.6. The van der Waals surface area contributed by atoms with Gasteiger partial charge in [-0.05, 0) is 23.6 Å². The minimum Gasteiger partial charge on any atom is -0.462 e. The fraction of sp³-hybridized carbons (Fsp3) is 0.333. The van der Waals surface area contributed by atoms with Crippen LogP contribution in [0.15, 0.2) is 46.9 Å². The summed E-state index contributed by atoms with van der Waals surface area (Å²) in [7, 11) is 0. The van der Waals surface area contributed by atoms with Gasteiger partial charge in [0.05, 0.1) is 6.54 Å². The number of furan rings is 1. The van der Waals surface area contributed by atoms with Crippen molar-refractivity contribution in [1.29, 1.82) is 0 Å². The third-order valence-electron chi connectivity index (χ3n) is 2.99. The molecule has 1 unspecified atom stereocenters. The number of hydrogen-bond acceptors (Lipinski definition) is 3. The summed E-state index contributed by atoms with van der Waals surface area (Å²) in [5.74, 6) is 1.95. The molecule has 0 saturated heterocycles. The second kappa shape index (κ2) is 6.38. The first kappa shape index (κ1) is 12.9. The molecule has 1 heterocycles. The minimum absolute atomic E-state index is 0.0413. The number of aliphatic hydroxyl groups excluding tert-OH is 1. The largest absolute Gasteiger partial charge is 0.462 e. The minimum atomic E-state index is -0.0413. The Morgan fingerprint density at radius 3 is 2.50 bits per heavy atom. The molecule has 0 radical (unpaired) electrons. The maximum absolute atomic E-state index is 8.90. The van der Waals surface area contributed by atoms with Crippen molar-refractivity contribution >= 4 is 0 Å². The van der Waals surface area contributed by atoms with Crippen molar-refractivity contribution in [3.63, 3.8) is 0 Å². The quantitative estimate of drug-likeness (QED) is 0.822. The first-order valence-corrected chi connectivity index (χ1v) is 6.23. The fourth-order valence-electron chi connectivity index (χ4n) is 1.91. The van der Waals surface area contributed by atoms with Crippen LogP contribution in [0.5, 0.6) is 0 Å². The van der Waals surface area contributed by atoms with E-state index in [1.54, 1.807) is 6.07 Å². The van der Waals surface area contributed by atoms with Gasteiger partial charge in [0.25, 0.3) is 0 Å². The molecule has 96 valence electrons. The van der Waals surface area contributed by atoms with Crippen LogP contribution in [0, 0.1) is 0 Å². The van der Waals surface area contributed by atoms with Crippen molar-refractivity contribution in [3.05, 3.63) is 59.5 Å². The first-order chi connectivity index (χ1) is 8.79. The van der Waals surface area contributed by atoms with E-state index in [1.165, 1.54) is 5.56 Å². The van der Waals surface area contributed by atoms with Crippen molar-refractivity contribution in [3.8, 4) is 0 Å². The van der Waals surface area contributed by atoms with Crippen LogP contribution in [-0.4, -0.2) is 11.7 Å². The van der Waals surface area contributed by atoms with E-state index in [1.807, 2.05) is 12.1 Å². The Morgan fingerprint density at radius 1 is 1.11 bits per heavy atom. The summed E-state index contributed by atoms with van der Waals surface area (Å²) in [5.41, 5.74) is 1.33. The van der Waals surface area contributed by atoms with Gasteiger partial charge in [0.1, 0.15) is 18.1 Å². The van der Waals surface area contributed by atoms with Crippen molar-refractivity contribution in [2.24, 2.45) is 0 Å². The number of hydrogen-bond donors (Lipinski definition) is 2. The van der Waals surface area contributed by atoms with Crippen molar-refractivity contribution in [2.75, 3.05) is 6.54 Å². The van der Waals surface area contributed by atoms with E-state index < -0.39 is 0 Å². The Hall–Kier alpha value is -1.58. The van der Waals surface area contributed by atoms with Gasteiger partial charge < -0.3 is 14.8 Å². The summed E-state index contributed by atoms with van der Waals surface area (Å²) in [5, 5.41) is 12.3. The number of aliphatic hydroxyl groups is 1. The Bertz CT molecular complexity index is 464. The summed E-state index contributed by atoms with van der Waals surface area (Å²) in [4.78, 5) is 0.